The van der Waals surface area contributed by atoms with Crippen molar-refractivity contribution >= 4 is 17.8 Å². The monoisotopic (exact) mass is 369 g/mol. The van der Waals surface area contributed by atoms with Crippen molar-refractivity contribution in [2.45, 2.75) is 25.8 Å². The van der Waals surface area contributed by atoms with Gasteiger partial charge in [-0.1, -0.05) is 30.3 Å². The van der Waals surface area contributed by atoms with Crippen molar-refractivity contribution < 1.29 is 10.0 Å². The van der Waals surface area contributed by atoms with E-state index in [0.717, 1.165) is 19.5 Å². The van der Waals surface area contributed by atoms with Crippen LogP contribution in [-0.4, -0.2) is 51.7 Å². The van der Waals surface area contributed by atoms with E-state index in [0.29, 0.717) is 11.5 Å². The van der Waals surface area contributed by atoms with Gasteiger partial charge in [0.05, 0.1) is 18.1 Å². The second-order valence-electron chi connectivity index (χ2n) is 7.12. The summed E-state index contributed by atoms with van der Waals surface area (Å²) in [5.41, 5.74) is 3.20. The first kappa shape index (κ1) is 20.5. The Labute approximate surface area is 160 Å². The van der Waals surface area contributed by atoms with Crippen LogP contribution in [0.25, 0.3) is 6.08 Å². The van der Waals surface area contributed by atoms with Crippen LogP contribution in [0.5, 0.6) is 0 Å². The quantitative estimate of drug-likeness (QED) is 0.357. The van der Waals surface area contributed by atoms with Gasteiger partial charge in [0.15, 0.2) is 0 Å². The van der Waals surface area contributed by atoms with Crippen molar-refractivity contribution in [3.05, 3.63) is 60.1 Å². The van der Waals surface area contributed by atoms with E-state index in [-0.39, 0.29) is 5.54 Å². The lowest BCUT2D eigenvalue weighted by Crippen LogP contribution is -2.43. The van der Waals surface area contributed by atoms with E-state index >= 15 is 0 Å². The van der Waals surface area contributed by atoms with Gasteiger partial charge in [-0.05, 0) is 39.0 Å². The van der Waals surface area contributed by atoms with Crippen molar-refractivity contribution in [1.82, 2.24) is 20.3 Å². The summed E-state index contributed by atoms with van der Waals surface area (Å²) < 4.78 is 0. The lowest BCUT2D eigenvalue weighted by atomic mass is 10.0. The number of nitrogens with zero attached hydrogens (tertiary/aromatic N) is 3. The Kier molecular flexibility index (Phi) is 7.45. The molecule has 0 aliphatic rings. The molecule has 7 nitrogen and oxygen atoms in total. The molecule has 2 aromatic rings. The van der Waals surface area contributed by atoms with Gasteiger partial charge in [0.25, 0.3) is 5.91 Å². The predicted molar refractivity (Wildman–Crippen MR) is 106 cm³/mol. The molecule has 0 unspecified atom stereocenters. The molecule has 2 rings (SSSR count). The molecule has 0 aliphatic carbocycles. The molecule has 0 saturated heterocycles. The highest BCUT2D eigenvalue weighted by atomic mass is 16.5. The highest BCUT2D eigenvalue weighted by Gasteiger charge is 2.20. The van der Waals surface area contributed by atoms with Crippen LogP contribution in [0.3, 0.4) is 0 Å². The number of carbonyl (C=O) groups is 1. The Bertz CT molecular complexity index is 745. The Hall–Kier alpha value is -2.77. The lowest BCUT2D eigenvalue weighted by molar-refractivity contribution is -0.124. The molecule has 0 radical (unpaired) electrons. The topological polar surface area (TPSA) is 90.4 Å². The number of anilines is 1. The Balaban J connectivity index is 1.85. The summed E-state index contributed by atoms with van der Waals surface area (Å²) in [7, 11) is 2.11. The van der Waals surface area contributed by atoms with Gasteiger partial charge in [0, 0.05) is 24.7 Å². The van der Waals surface area contributed by atoms with E-state index in [1.165, 1.54) is 23.2 Å². The number of benzene rings is 1. The maximum Gasteiger partial charge on any atom is 0.267 e. The first-order valence-electron chi connectivity index (χ1n) is 8.83. The maximum absolute atomic E-state index is 11.0. The van der Waals surface area contributed by atoms with E-state index < -0.39 is 5.91 Å². The third kappa shape index (κ3) is 7.55. The summed E-state index contributed by atoms with van der Waals surface area (Å²) in [6, 6.07) is 10.5. The maximum atomic E-state index is 11.0. The zero-order valence-electron chi connectivity index (χ0n) is 16.0. The second-order valence-corrected chi connectivity index (χ2v) is 7.12. The van der Waals surface area contributed by atoms with Crippen LogP contribution >= 0.6 is 0 Å². The largest absolute Gasteiger partial charge is 0.363 e. The Morgan fingerprint density at radius 3 is 2.59 bits per heavy atom. The molecule has 0 saturated carbocycles. The van der Waals surface area contributed by atoms with Crippen molar-refractivity contribution in [1.29, 1.82) is 0 Å². The Morgan fingerprint density at radius 2 is 1.96 bits per heavy atom. The standard InChI is InChI=1S/C20H27N5O2/c1-20(2,15-25(3)12-11-16-7-5-4-6-8-16)23-18-14-21-17(13-22-18)9-10-19(26)24-27/h4-10,13-14,27H,11-12,15H2,1-3H3,(H,22,23)(H,24,26)/b10-9+. The predicted octanol–water partition coefficient (Wildman–Crippen LogP) is 2.36. The zero-order chi connectivity index (χ0) is 19.7. The number of hydrogen-bond donors (Lipinski definition) is 3. The minimum atomic E-state index is -0.612. The van der Waals surface area contributed by atoms with Crippen LogP contribution in [0.15, 0.2) is 48.8 Å². The minimum absolute atomic E-state index is 0.186. The number of aromatic nitrogens is 2. The third-order valence-electron chi connectivity index (χ3n) is 3.94. The molecule has 0 fully saturated rings. The number of hydrogen-bond acceptors (Lipinski definition) is 6. The van der Waals surface area contributed by atoms with Crippen LogP contribution < -0.4 is 10.8 Å². The number of rotatable bonds is 9. The number of nitrogens with one attached hydrogen (secondary N) is 2. The molecule has 144 valence electrons. The molecule has 3 N–H and O–H groups in total. The van der Waals surface area contributed by atoms with Gasteiger partial charge in [0.2, 0.25) is 0 Å². The van der Waals surface area contributed by atoms with Crippen molar-refractivity contribution in [3.8, 4) is 0 Å². The summed E-state index contributed by atoms with van der Waals surface area (Å²) in [6.07, 6.45) is 6.87. The van der Waals surface area contributed by atoms with E-state index in [2.05, 4.69) is 65.3 Å². The average molecular weight is 369 g/mol. The first-order valence-corrected chi connectivity index (χ1v) is 8.83. The SMILES string of the molecule is CN(CCc1ccccc1)CC(C)(C)Nc1cnc(/C=C/C(=O)NO)cn1. The molecule has 1 heterocycles. The number of amides is 1. The van der Waals surface area contributed by atoms with Crippen LogP contribution in [-0.2, 0) is 11.2 Å². The van der Waals surface area contributed by atoms with E-state index in [1.54, 1.807) is 12.4 Å². The number of hydroxylamine groups is 1. The van der Waals surface area contributed by atoms with Crippen molar-refractivity contribution in [3.63, 3.8) is 0 Å². The molecule has 0 aliphatic heterocycles. The molecule has 1 aromatic carbocycles. The van der Waals surface area contributed by atoms with Crippen LogP contribution in [0.2, 0.25) is 0 Å². The summed E-state index contributed by atoms with van der Waals surface area (Å²) in [4.78, 5) is 21.8. The van der Waals surface area contributed by atoms with Crippen LogP contribution in [0, 0.1) is 0 Å². The number of carbonyl (C=O) groups excluding carboxylic acids is 1. The molecule has 0 atom stereocenters. The van der Waals surface area contributed by atoms with Gasteiger partial charge < -0.3 is 10.2 Å². The number of likely N-dealkylation sites (N-methyl/N-ethyl adjacent to an activating group) is 1. The lowest BCUT2D eigenvalue weighted by Gasteiger charge is -2.31. The highest BCUT2D eigenvalue weighted by molar-refractivity contribution is 5.90. The van der Waals surface area contributed by atoms with Crippen molar-refractivity contribution in [2.75, 3.05) is 25.5 Å². The van der Waals surface area contributed by atoms with Crippen LogP contribution in [0.4, 0.5) is 5.82 Å². The molecule has 7 heteroatoms. The summed E-state index contributed by atoms with van der Waals surface area (Å²) in [6.45, 7) is 6.05. The van der Waals surface area contributed by atoms with Gasteiger partial charge in [-0.2, -0.15) is 0 Å². The van der Waals surface area contributed by atoms with Crippen molar-refractivity contribution in [2.24, 2.45) is 0 Å². The fourth-order valence-electron chi connectivity index (χ4n) is 2.79. The second kappa shape index (κ2) is 9.80. The zero-order valence-corrected chi connectivity index (χ0v) is 16.0. The molecule has 1 aromatic heterocycles. The normalized spacial score (nSPS) is 11.7. The third-order valence-corrected chi connectivity index (χ3v) is 3.94. The fraction of sp³-hybridized carbons (Fsp3) is 0.350. The van der Waals surface area contributed by atoms with Crippen LogP contribution in [0.1, 0.15) is 25.1 Å². The van der Waals surface area contributed by atoms with Gasteiger partial charge in [-0.3, -0.25) is 15.0 Å². The molecule has 0 bridgehead atoms. The Morgan fingerprint density at radius 1 is 1.22 bits per heavy atom. The fourth-order valence-corrected chi connectivity index (χ4v) is 2.79. The van der Waals surface area contributed by atoms with Gasteiger partial charge >= 0.3 is 0 Å². The molecular weight excluding hydrogens is 342 g/mol. The average Bonchev–Trinajstić information content (AvgIpc) is 2.65. The van der Waals surface area contributed by atoms with Gasteiger partial charge in [0.1, 0.15) is 5.82 Å². The van der Waals surface area contributed by atoms with Gasteiger partial charge in [-0.25, -0.2) is 10.5 Å². The van der Waals surface area contributed by atoms with E-state index in [1.807, 2.05) is 6.07 Å². The molecule has 0 spiro atoms. The van der Waals surface area contributed by atoms with E-state index in [9.17, 15) is 4.79 Å². The summed E-state index contributed by atoms with van der Waals surface area (Å²) >= 11 is 0. The first-order chi connectivity index (χ1) is 12.9. The minimum Gasteiger partial charge on any atom is -0.363 e. The smallest absolute Gasteiger partial charge is 0.267 e. The summed E-state index contributed by atoms with van der Waals surface area (Å²) in [5.74, 6) is 0.0545. The van der Waals surface area contributed by atoms with Gasteiger partial charge in [-0.15, -0.1) is 0 Å². The van der Waals surface area contributed by atoms with E-state index in [4.69, 9.17) is 5.21 Å². The molecule has 1 amide bonds. The highest BCUT2D eigenvalue weighted by Crippen LogP contribution is 2.14. The molecular formula is C20H27N5O2. The summed E-state index contributed by atoms with van der Waals surface area (Å²) in [5, 5.41) is 11.9. The molecule has 27 heavy (non-hydrogen) atoms.